The molecule has 0 aliphatic rings. The summed E-state index contributed by atoms with van der Waals surface area (Å²) in [4.78, 5) is 22.3. The molecule has 1 atom stereocenters. The van der Waals surface area contributed by atoms with Crippen LogP contribution < -0.4 is 4.72 Å². The summed E-state index contributed by atoms with van der Waals surface area (Å²) in [5.74, 6) is -2.04. The Kier molecular flexibility index (Phi) is 5.87. The zero-order valence-electron chi connectivity index (χ0n) is 11.8. The van der Waals surface area contributed by atoms with Crippen molar-refractivity contribution in [2.24, 2.45) is 5.92 Å². The van der Waals surface area contributed by atoms with Crippen LogP contribution in [0.25, 0.3) is 0 Å². The van der Waals surface area contributed by atoms with E-state index >= 15 is 0 Å². The molecule has 21 heavy (non-hydrogen) atoms. The lowest BCUT2D eigenvalue weighted by Crippen LogP contribution is -2.41. The number of thiophene rings is 1. The largest absolute Gasteiger partial charge is 0.480 e. The molecule has 1 rings (SSSR count). The highest BCUT2D eigenvalue weighted by molar-refractivity contribution is 7.89. The number of carboxylic acids is 1. The Morgan fingerprint density at radius 3 is 2.52 bits per heavy atom. The first-order chi connectivity index (χ1) is 9.69. The monoisotopic (exact) mass is 335 g/mol. The number of hydrogen-bond donors (Lipinski definition) is 2. The Balaban J connectivity index is 3.08. The Bertz CT molecular complexity index is 619. The van der Waals surface area contributed by atoms with Gasteiger partial charge < -0.3 is 9.84 Å². The van der Waals surface area contributed by atoms with E-state index in [1.807, 2.05) is 0 Å². The van der Waals surface area contributed by atoms with Gasteiger partial charge >= 0.3 is 11.9 Å². The van der Waals surface area contributed by atoms with E-state index in [1.165, 1.54) is 11.4 Å². The first kappa shape index (κ1) is 17.6. The van der Waals surface area contributed by atoms with Crippen LogP contribution in [-0.4, -0.2) is 38.6 Å². The number of carbonyl (C=O) groups excluding carboxylic acids is 1. The molecule has 0 aromatic carbocycles. The zero-order chi connectivity index (χ0) is 16.2. The molecule has 1 aromatic heterocycles. The molecular weight excluding hydrogens is 318 g/mol. The molecule has 0 unspecified atom stereocenters. The molecule has 1 aromatic rings. The molecule has 0 fully saturated rings. The summed E-state index contributed by atoms with van der Waals surface area (Å²) in [6.45, 7) is 3.57. The summed E-state index contributed by atoms with van der Waals surface area (Å²) in [5, 5.41) is 10.5. The molecule has 1 heterocycles. The first-order valence-corrected chi connectivity index (χ1v) is 8.46. The standard InChI is InChI=1S/C12H17NO6S2/c1-7(2)6-8(11(14)15)13-21(17,18)9-4-5-20-10(9)12(16)19-3/h4-5,7-8,13H,6H2,1-3H3,(H,14,15)/t8-/m0/s1. The Morgan fingerprint density at radius 1 is 1.43 bits per heavy atom. The third-order valence-corrected chi connectivity index (χ3v) is 5.13. The van der Waals surface area contributed by atoms with Gasteiger partial charge in [0, 0.05) is 0 Å². The predicted octanol–water partition coefficient (Wildman–Crippen LogP) is 1.31. The molecule has 0 bridgehead atoms. The molecule has 7 nitrogen and oxygen atoms in total. The Morgan fingerprint density at radius 2 is 2.05 bits per heavy atom. The number of esters is 1. The maximum Gasteiger partial charge on any atom is 0.349 e. The van der Waals surface area contributed by atoms with Crippen molar-refractivity contribution in [2.75, 3.05) is 7.11 Å². The highest BCUT2D eigenvalue weighted by Gasteiger charge is 2.30. The van der Waals surface area contributed by atoms with E-state index in [4.69, 9.17) is 5.11 Å². The van der Waals surface area contributed by atoms with Crippen LogP contribution in [0.4, 0.5) is 0 Å². The maximum atomic E-state index is 12.3. The van der Waals surface area contributed by atoms with Crippen LogP contribution in [0.1, 0.15) is 29.9 Å². The molecule has 0 amide bonds. The number of methoxy groups -OCH3 is 1. The van der Waals surface area contributed by atoms with Gasteiger partial charge in [-0.05, 0) is 23.8 Å². The molecule has 0 saturated heterocycles. The summed E-state index contributed by atoms with van der Waals surface area (Å²) in [7, 11) is -2.97. The third kappa shape index (κ3) is 4.51. The molecule has 0 aliphatic carbocycles. The smallest absolute Gasteiger partial charge is 0.349 e. The van der Waals surface area contributed by atoms with Gasteiger partial charge in [0.1, 0.15) is 15.8 Å². The van der Waals surface area contributed by atoms with Crippen LogP contribution in [0.5, 0.6) is 0 Å². The topological polar surface area (TPSA) is 110 Å². The van der Waals surface area contributed by atoms with E-state index in [1.54, 1.807) is 13.8 Å². The van der Waals surface area contributed by atoms with E-state index in [2.05, 4.69) is 9.46 Å². The van der Waals surface area contributed by atoms with E-state index in [0.29, 0.717) is 0 Å². The van der Waals surface area contributed by atoms with Crippen LogP contribution in [0, 0.1) is 5.92 Å². The van der Waals surface area contributed by atoms with Gasteiger partial charge in [0.2, 0.25) is 10.0 Å². The molecule has 2 N–H and O–H groups in total. The number of nitrogens with one attached hydrogen (secondary N) is 1. The lowest BCUT2D eigenvalue weighted by atomic mass is 10.1. The van der Waals surface area contributed by atoms with E-state index < -0.39 is 28.0 Å². The normalized spacial score (nSPS) is 13.1. The van der Waals surface area contributed by atoms with Crippen molar-refractivity contribution in [1.29, 1.82) is 0 Å². The molecule has 0 spiro atoms. The van der Waals surface area contributed by atoms with Gasteiger partial charge in [0.05, 0.1) is 7.11 Å². The van der Waals surface area contributed by atoms with Gasteiger partial charge in [0.15, 0.2) is 0 Å². The maximum absolute atomic E-state index is 12.3. The van der Waals surface area contributed by atoms with Gasteiger partial charge in [-0.2, -0.15) is 4.72 Å². The highest BCUT2D eigenvalue weighted by Crippen LogP contribution is 2.23. The number of aliphatic carboxylic acids is 1. The first-order valence-electron chi connectivity index (χ1n) is 6.10. The minimum absolute atomic E-state index is 0.00338. The van der Waals surface area contributed by atoms with Gasteiger partial charge in [-0.3, -0.25) is 4.79 Å². The van der Waals surface area contributed by atoms with E-state index in [0.717, 1.165) is 18.4 Å². The number of ether oxygens (including phenoxy) is 1. The molecular formula is C12H17NO6S2. The summed E-state index contributed by atoms with van der Waals surface area (Å²) < 4.78 is 31.1. The highest BCUT2D eigenvalue weighted by atomic mass is 32.2. The minimum atomic E-state index is -4.11. The molecule has 0 saturated carbocycles. The number of sulfonamides is 1. The summed E-state index contributed by atoms with van der Waals surface area (Å²) >= 11 is 0.917. The summed E-state index contributed by atoms with van der Waals surface area (Å²) in [6.07, 6.45) is 0.145. The van der Waals surface area contributed by atoms with Gasteiger partial charge in [-0.15, -0.1) is 11.3 Å². The lowest BCUT2D eigenvalue weighted by molar-refractivity contribution is -0.139. The third-order valence-electron chi connectivity index (χ3n) is 2.59. The van der Waals surface area contributed by atoms with Crippen LogP contribution in [-0.2, 0) is 19.6 Å². The quantitative estimate of drug-likeness (QED) is 0.727. The van der Waals surface area contributed by atoms with Crippen molar-refractivity contribution in [3.8, 4) is 0 Å². The summed E-state index contributed by atoms with van der Waals surface area (Å²) in [5.41, 5.74) is 0. The zero-order valence-corrected chi connectivity index (χ0v) is 13.5. The Hall–Kier alpha value is -1.45. The minimum Gasteiger partial charge on any atom is -0.480 e. The van der Waals surface area contributed by atoms with Crippen molar-refractivity contribution in [1.82, 2.24) is 4.72 Å². The molecule has 9 heteroatoms. The van der Waals surface area contributed by atoms with Crippen LogP contribution in [0.3, 0.4) is 0 Å². The average molecular weight is 335 g/mol. The fourth-order valence-electron chi connectivity index (χ4n) is 1.67. The van der Waals surface area contributed by atoms with Crippen LogP contribution in [0.2, 0.25) is 0 Å². The summed E-state index contributed by atoms with van der Waals surface area (Å²) in [6, 6.07) is -0.00604. The Labute approximate surface area is 127 Å². The second kappa shape index (κ2) is 7.01. The van der Waals surface area contributed by atoms with E-state index in [9.17, 15) is 18.0 Å². The number of carboxylic acid groups (broad SMARTS) is 1. The number of rotatable bonds is 7. The lowest BCUT2D eigenvalue weighted by Gasteiger charge is -2.16. The van der Waals surface area contributed by atoms with Gasteiger partial charge in [-0.1, -0.05) is 13.8 Å². The van der Waals surface area contributed by atoms with Crippen molar-refractivity contribution in [3.63, 3.8) is 0 Å². The number of hydrogen-bond acceptors (Lipinski definition) is 6. The second-order valence-electron chi connectivity index (χ2n) is 4.75. The van der Waals surface area contributed by atoms with Crippen LogP contribution >= 0.6 is 11.3 Å². The van der Waals surface area contributed by atoms with Gasteiger partial charge in [0.25, 0.3) is 0 Å². The van der Waals surface area contributed by atoms with Gasteiger partial charge in [-0.25, -0.2) is 13.2 Å². The SMILES string of the molecule is COC(=O)c1sccc1S(=O)(=O)N[C@@H](CC(C)C)C(=O)O. The number of carbonyl (C=O) groups is 2. The van der Waals surface area contributed by atoms with Crippen molar-refractivity contribution >= 4 is 33.3 Å². The van der Waals surface area contributed by atoms with Crippen LogP contribution in [0.15, 0.2) is 16.3 Å². The second-order valence-corrected chi connectivity index (χ2v) is 7.35. The fourth-order valence-corrected chi connectivity index (χ4v) is 4.21. The average Bonchev–Trinajstić information content (AvgIpc) is 2.86. The van der Waals surface area contributed by atoms with Crippen molar-refractivity contribution < 1.29 is 27.9 Å². The van der Waals surface area contributed by atoms with E-state index in [-0.39, 0.29) is 22.1 Å². The predicted molar refractivity (Wildman–Crippen MR) is 76.9 cm³/mol. The molecule has 0 radical (unpaired) electrons. The molecule has 0 aliphatic heterocycles. The van der Waals surface area contributed by atoms with Crippen molar-refractivity contribution in [3.05, 3.63) is 16.3 Å². The van der Waals surface area contributed by atoms with Crippen molar-refractivity contribution in [2.45, 2.75) is 31.2 Å². The molecule has 118 valence electrons. The fraction of sp³-hybridized carbons (Fsp3) is 0.500.